The molecule has 0 saturated heterocycles. The van der Waals surface area contributed by atoms with Crippen LogP contribution in [0.1, 0.15) is 41.7 Å². The van der Waals surface area contributed by atoms with Crippen LogP contribution in [0.3, 0.4) is 0 Å². The topological polar surface area (TPSA) is 3.88 Å². The minimum absolute atomic E-state index is 0.0434. The minimum Gasteiger partial charge on any atom is -0.201 e. The second-order valence-corrected chi connectivity index (χ2v) is 8.04. The summed E-state index contributed by atoms with van der Waals surface area (Å²) in [6, 6.07) is 16.0. The normalized spacial score (nSPS) is 14.3. The SMILES string of the molecule is Cc1ccc(-c2cc3c(cc2C)-c2cccc(C)c2C3(C)C)[n+](C)c1. The van der Waals surface area contributed by atoms with Crippen molar-refractivity contribution >= 4 is 0 Å². The maximum absolute atomic E-state index is 2.43. The van der Waals surface area contributed by atoms with Crippen LogP contribution in [0.2, 0.25) is 0 Å². The van der Waals surface area contributed by atoms with Gasteiger partial charge in [0.15, 0.2) is 6.20 Å². The van der Waals surface area contributed by atoms with Crippen molar-refractivity contribution in [3.63, 3.8) is 0 Å². The molecule has 1 nitrogen and oxygen atoms in total. The number of hydrogen-bond donors (Lipinski definition) is 0. The first-order chi connectivity index (χ1) is 11.8. The third-order valence-corrected chi connectivity index (χ3v) is 5.78. The van der Waals surface area contributed by atoms with E-state index in [1.54, 1.807) is 0 Å². The first-order valence-corrected chi connectivity index (χ1v) is 9.03. The average Bonchev–Trinajstić information content (AvgIpc) is 2.76. The van der Waals surface area contributed by atoms with E-state index in [1.165, 1.54) is 50.2 Å². The molecule has 0 saturated carbocycles. The molecule has 0 bridgehead atoms. The summed E-state index contributed by atoms with van der Waals surface area (Å²) in [5.41, 5.74) is 12.4. The van der Waals surface area contributed by atoms with Crippen molar-refractivity contribution in [2.45, 2.75) is 40.0 Å². The third-order valence-electron chi connectivity index (χ3n) is 5.78. The fourth-order valence-corrected chi connectivity index (χ4v) is 4.61. The first kappa shape index (κ1) is 16.1. The standard InChI is InChI=1S/C24H26N/c1-15-10-11-22(25(6)14-15)19-13-21-20(12-17(19)3)18-9-7-8-16(2)23(18)24(21,4)5/h7-14H,1-6H3/q+1. The molecule has 1 heterocycles. The molecular weight excluding hydrogens is 302 g/mol. The van der Waals surface area contributed by atoms with Crippen molar-refractivity contribution in [2.24, 2.45) is 7.05 Å². The van der Waals surface area contributed by atoms with Gasteiger partial charge in [0.1, 0.15) is 7.05 Å². The number of pyridine rings is 1. The van der Waals surface area contributed by atoms with Crippen molar-refractivity contribution in [1.29, 1.82) is 0 Å². The zero-order chi connectivity index (χ0) is 17.9. The Bertz CT molecular complexity index is 1010. The molecule has 1 aromatic heterocycles. The van der Waals surface area contributed by atoms with E-state index in [0.717, 1.165) is 0 Å². The molecule has 1 aliphatic rings. The first-order valence-electron chi connectivity index (χ1n) is 9.03. The molecule has 3 aromatic rings. The highest BCUT2D eigenvalue weighted by Crippen LogP contribution is 2.51. The molecule has 25 heavy (non-hydrogen) atoms. The molecule has 1 heteroatoms. The van der Waals surface area contributed by atoms with Crippen LogP contribution in [0, 0.1) is 20.8 Å². The van der Waals surface area contributed by atoms with E-state index < -0.39 is 0 Å². The lowest BCUT2D eigenvalue weighted by molar-refractivity contribution is -0.660. The lowest BCUT2D eigenvalue weighted by Gasteiger charge is -2.24. The lowest BCUT2D eigenvalue weighted by Crippen LogP contribution is -2.31. The largest absolute Gasteiger partial charge is 0.212 e. The van der Waals surface area contributed by atoms with E-state index in [2.05, 4.69) is 94.9 Å². The van der Waals surface area contributed by atoms with Gasteiger partial charge in [-0.2, -0.15) is 0 Å². The van der Waals surface area contributed by atoms with E-state index in [4.69, 9.17) is 0 Å². The van der Waals surface area contributed by atoms with E-state index in [0.29, 0.717) is 0 Å². The molecule has 0 aliphatic heterocycles. The Morgan fingerprint density at radius 3 is 2.28 bits per heavy atom. The molecule has 1 aliphatic carbocycles. The number of fused-ring (bicyclic) bond motifs is 3. The highest BCUT2D eigenvalue weighted by Gasteiger charge is 2.37. The van der Waals surface area contributed by atoms with Crippen LogP contribution < -0.4 is 4.57 Å². The van der Waals surface area contributed by atoms with Gasteiger partial charge in [0, 0.05) is 22.6 Å². The van der Waals surface area contributed by atoms with E-state index in [1.807, 2.05) is 0 Å². The van der Waals surface area contributed by atoms with Crippen LogP contribution >= 0.6 is 0 Å². The molecule has 126 valence electrons. The Morgan fingerprint density at radius 1 is 0.800 bits per heavy atom. The highest BCUT2D eigenvalue weighted by atomic mass is 14.9. The lowest BCUT2D eigenvalue weighted by atomic mass is 9.79. The molecule has 0 amide bonds. The van der Waals surface area contributed by atoms with Crippen molar-refractivity contribution in [2.75, 3.05) is 0 Å². The number of aryl methyl sites for hydroxylation is 4. The monoisotopic (exact) mass is 328 g/mol. The maximum atomic E-state index is 2.43. The third kappa shape index (κ3) is 2.26. The summed E-state index contributed by atoms with van der Waals surface area (Å²) in [5.74, 6) is 0. The number of nitrogens with zero attached hydrogens (tertiary/aromatic N) is 1. The van der Waals surface area contributed by atoms with Gasteiger partial charge in [0.05, 0.1) is 0 Å². The summed E-state index contributed by atoms with van der Waals surface area (Å²) in [6.45, 7) is 11.3. The number of benzene rings is 2. The summed E-state index contributed by atoms with van der Waals surface area (Å²) >= 11 is 0. The second kappa shape index (κ2) is 5.29. The fraction of sp³-hybridized carbons (Fsp3) is 0.292. The van der Waals surface area contributed by atoms with Gasteiger partial charge in [-0.15, -0.1) is 0 Å². The van der Waals surface area contributed by atoms with Crippen LogP contribution in [-0.4, -0.2) is 0 Å². The molecule has 0 N–H and O–H groups in total. The number of hydrogen-bond acceptors (Lipinski definition) is 0. The van der Waals surface area contributed by atoms with Crippen molar-refractivity contribution in [3.8, 4) is 22.4 Å². The quantitative estimate of drug-likeness (QED) is 0.526. The Hall–Kier alpha value is -2.41. The van der Waals surface area contributed by atoms with E-state index in [9.17, 15) is 0 Å². The van der Waals surface area contributed by atoms with E-state index >= 15 is 0 Å². The number of aromatic nitrogens is 1. The predicted octanol–water partition coefficient (Wildman–Crippen LogP) is 5.41. The maximum Gasteiger partial charge on any atom is 0.212 e. The van der Waals surface area contributed by atoms with Gasteiger partial charge in [-0.05, 0) is 66.3 Å². The van der Waals surface area contributed by atoms with E-state index in [-0.39, 0.29) is 5.41 Å². The Labute approximate surface area is 151 Å². The van der Waals surface area contributed by atoms with Crippen LogP contribution in [-0.2, 0) is 12.5 Å². The molecule has 4 rings (SSSR count). The molecular formula is C24H26N+. The van der Waals surface area contributed by atoms with Crippen molar-refractivity contribution in [1.82, 2.24) is 0 Å². The number of rotatable bonds is 1. The second-order valence-electron chi connectivity index (χ2n) is 8.04. The molecule has 2 aromatic carbocycles. The van der Waals surface area contributed by atoms with Gasteiger partial charge in [-0.3, -0.25) is 0 Å². The van der Waals surface area contributed by atoms with Gasteiger partial charge >= 0.3 is 0 Å². The fourth-order valence-electron chi connectivity index (χ4n) is 4.61. The van der Waals surface area contributed by atoms with Crippen molar-refractivity contribution in [3.05, 3.63) is 76.5 Å². The van der Waals surface area contributed by atoms with Gasteiger partial charge < -0.3 is 0 Å². The summed E-state index contributed by atoms with van der Waals surface area (Å²) in [4.78, 5) is 0. The molecule has 0 fully saturated rings. The minimum atomic E-state index is 0.0434. The zero-order valence-corrected chi connectivity index (χ0v) is 16.1. The summed E-state index contributed by atoms with van der Waals surface area (Å²) < 4.78 is 2.24. The summed E-state index contributed by atoms with van der Waals surface area (Å²) in [7, 11) is 2.14. The smallest absolute Gasteiger partial charge is 0.201 e. The summed E-state index contributed by atoms with van der Waals surface area (Å²) in [6.07, 6.45) is 2.20. The van der Waals surface area contributed by atoms with Gasteiger partial charge in [0.25, 0.3) is 0 Å². The average molecular weight is 328 g/mol. The molecule has 0 radical (unpaired) electrons. The van der Waals surface area contributed by atoms with Crippen LogP contribution in [0.15, 0.2) is 48.7 Å². The Balaban J connectivity index is 2.00. The van der Waals surface area contributed by atoms with Crippen LogP contribution in [0.25, 0.3) is 22.4 Å². The Morgan fingerprint density at radius 2 is 1.56 bits per heavy atom. The zero-order valence-electron chi connectivity index (χ0n) is 16.1. The molecule has 0 atom stereocenters. The highest BCUT2D eigenvalue weighted by molar-refractivity contribution is 5.85. The van der Waals surface area contributed by atoms with Gasteiger partial charge in [-0.25, -0.2) is 4.57 Å². The molecule has 0 spiro atoms. The molecule has 0 unspecified atom stereocenters. The predicted molar refractivity (Wildman–Crippen MR) is 105 cm³/mol. The van der Waals surface area contributed by atoms with Crippen LogP contribution in [0.4, 0.5) is 0 Å². The van der Waals surface area contributed by atoms with Crippen LogP contribution in [0.5, 0.6) is 0 Å². The summed E-state index contributed by atoms with van der Waals surface area (Å²) in [5, 5.41) is 0. The Kier molecular flexibility index (Phi) is 3.40. The van der Waals surface area contributed by atoms with Gasteiger partial charge in [0.2, 0.25) is 5.69 Å². The van der Waals surface area contributed by atoms with Gasteiger partial charge in [-0.1, -0.05) is 38.1 Å². The van der Waals surface area contributed by atoms with Crippen molar-refractivity contribution < 1.29 is 4.57 Å².